The number of ether oxygens (including phenoxy) is 1. The van der Waals surface area contributed by atoms with Gasteiger partial charge in [-0.25, -0.2) is 13.1 Å². The average molecular weight is 376 g/mol. The van der Waals surface area contributed by atoms with E-state index in [9.17, 15) is 13.2 Å². The number of rotatable bonds is 8. The first kappa shape index (κ1) is 19.9. The average Bonchev–Trinajstić information content (AvgIpc) is 2.66. The van der Waals surface area contributed by atoms with E-state index in [1.54, 1.807) is 0 Å². The number of carbonyl (C=O) groups excluding carboxylic acids is 1. The largest absolute Gasteiger partial charge is 0.495 e. The maximum Gasteiger partial charge on any atom is 0.255 e. The predicted molar refractivity (Wildman–Crippen MR) is 102 cm³/mol. The molecule has 0 aliphatic rings. The molecule has 0 atom stereocenters. The van der Waals surface area contributed by atoms with Crippen molar-refractivity contribution in [2.24, 2.45) is 0 Å². The minimum atomic E-state index is -3.76. The summed E-state index contributed by atoms with van der Waals surface area (Å²) < 4.78 is 32.5. The second-order valence-corrected chi connectivity index (χ2v) is 7.50. The van der Waals surface area contributed by atoms with Crippen LogP contribution in [0.15, 0.2) is 47.4 Å². The number of hydrogen-bond donors (Lipinski definition) is 2. The molecular formula is C19H24N2O4S. The summed E-state index contributed by atoms with van der Waals surface area (Å²) >= 11 is 0. The van der Waals surface area contributed by atoms with Gasteiger partial charge in [-0.15, -0.1) is 0 Å². The molecule has 2 aromatic rings. The van der Waals surface area contributed by atoms with Gasteiger partial charge in [0.25, 0.3) is 5.91 Å². The van der Waals surface area contributed by atoms with Crippen LogP contribution in [0, 0.1) is 0 Å². The number of sulfonamides is 1. The van der Waals surface area contributed by atoms with Crippen molar-refractivity contribution in [3.8, 4) is 5.75 Å². The molecule has 7 heteroatoms. The zero-order chi connectivity index (χ0) is 19.2. The number of aryl methyl sites for hydroxylation is 1. The fourth-order valence-electron chi connectivity index (χ4n) is 2.37. The molecule has 2 aromatic carbocycles. The fourth-order valence-corrected chi connectivity index (χ4v) is 3.70. The van der Waals surface area contributed by atoms with Gasteiger partial charge in [0, 0.05) is 17.8 Å². The summed E-state index contributed by atoms with van der Waals surface area (Å²) in [5.41, 5.74) is 2.06. The SMILES string of the molecule is CCCNS(=O)(=O)c1cc(C(=O)Nc2ccc(CC)cc2)ccc1OC. The van der Waals surface area contributed by atoms with Crippen molar-refractivity contribution in [2.75, 3.05) is 19.0 Å². The standard InChI is InChI=1S/C19H24N2O4S/c1-4-12-20-26(23,24)18-13-15(8-11-17(18)25-3)19(22)21-16-9-6-14(5-2)7-10-16/h6-11,13,20H,4-5,12H2,1-3H3,(H,21,22). The number of anilines is 1. The molecule has 0 aliphatic heterocycles. The van der Waals surface area contributed by atoms with Crippen LogP contribution >= 0.6 is 0 Å². The normalized spacial score (nSPS) is 11.2. The van der Waals surface area contributed by atoms with Gasteiger partial charge in [-0.3, -0.25) is 4.79 Å². The molecule has 0 aliphatic carbocycles. The molecule has 1 amide bonds. The Morgan fingerprint density at radius 2 is 1.77 bits per heavy atom. The molecule has 0 heterocycles. The fraction of sp³-hybridized carbons (Fsp3) is 0.316. The molecule has 0 aromatic heterocycles. The van der Waals surface area contributed by atoms with Crippen molar-refractivity contribution in [2.45, 2.75) is 31.6 Å². The maximum absolute atomic E-state index is 12.5. The van der Waals surface area contributed by atoms with Crippen LogP contribution in [0.2, 0.25) is 0 Å². The van der Waals surface area contributed by atoms with Crippen LogP contribution < -0.4 is 14.8 Å². The van der Waals surface area contributed by atoms with Crippen molar-refractivity contribution in [1.29, 1.82) is 0 Å². The minimum Gasteiger partial charge on any atom is -0.495 e. The Labute approximate surface area is 154 Å². The summed E-state index contributed by atoms with van der Waals surface area (Å²) in [6.07, 6.45) is 1.58. The maximum atomic E-state index is 12.5. The van der Waals surface area contributed by atoms with Crippen molar-refractivity contribution in [3.63, 3.8) is 0 Å². The highest BCUT2D eigenvalue weighted by atomic mass is 32.2. The van der Waals surface area contributed by atoms with Gasteiger partial charge in [-0.1, -0.05) is 26.0 Å². The van der Waals surface area contributed by atoms with Gasteiger partial charge in [-0.2, -0.15) is 0 Å². The van der Waals surface area contributed by atoms with E-state index in [0.717, 1.165) is 6.42 Å². The molecule has 2 N–H and O–H groups in total. The quantitative estimate of drug-likeness (QED) is 0.741. The van der Waals surface area contributed by atoms with E-state index in [4.69, 9.17) is 4.74 Å². The Kier molecular flexibility index (Phi) is 6.76. The third-order valence-corrected chi connectivity index (χ3v) is 5.36. The molecule has 0 radical (unpaired) electrons. The summed E-state index contributed by atoms with van der Waals surface area (Å²) in [6.45, 7) is 4.23. The minimum absolute atomic E-state index is 0.0533. The number of amides is 1. The molecule has 0 spiro atoms. The topological polar surface area (TPSA) is 84.5 Å². The second kappa shape index (κ2) is 8.82. The first-order chi connectivity index (χ1) is 12.4. The van der Waals surface area contributed by atoms with Crippen LogP contribution in [0.25, 0.3) is 0 Å². The van der Waals surface area contributed by atoms with Crippen molar-refractivity contribution in [3.05, 3.63) is 53.6 Å². The van der Waals surface area contributed by atoms with Crippen LogP contribution in [0.1, 0.15) is 36.2 Å². The van der Waals surface area contributed by atoms with E-state index < -0.39 is 10.0 Å². The molecule has 2 rings (SSSR count). The number of nitrogens with one attached hydrogen (secondary N) is 2. The van der Waals surface area contributed by atoms with Crippen LogP contribution in [0.4, 0.5) is 5.69 Å². The third-order valence-electron chi connectivity index (χ3n) is 3.88. The second-order valence-electron chi connectivity index (χ2n) is 5.77. The zero-order valence-corrected chi connectivity index (χ0v) is 16.0. The Balaban J connectivity index is 2.28. The highest BCUT2D eigenvalue weighted by Gasteiger charge is 2.21. The molecular weight excluding hydrogens is 352 g/mol. The lowest BCUT2D eigenvalue weighted by Gasteiger charge is -2.12. The van der Waals surface area contributed by atoms with Crippen LogP contribution in [0.3, 0.4) is 0 Å². The van der Waals surface area contributed by atoms with E-state index in [-0.39, 0.29) is 22.1 Å². The summed E-state index contributed by atoms with van der Waals surface area (Å²) in [5, 5.41) is 2.77. The summed E-state index contributed by atoms with van der Waals surface area (Å²) in [6, 6.07) is 11.9. The molecule has 0 saturated heterocycles. The van der Waals surface area contributed by atoms with Gasteiger partial charge < -0.3 is 10.1 Å². The van der Waals surface area contributed by atoms with Crippen LogP contribution in [-0.4, -0.2) is 28.0 Å². The summed E-state index contributed by atoms with van der Waals surface area (Å²) in [4.78, 5) is 12.4. The van der Waals surface area contributed by atoms with Gasteiger partial charge in [-0.05, 0) is 48.7 Å². The van der Waals surface area contributed by atoms with E-state index >= 15 is 0 Å². The van der Waals surface area contributed by atoms with Gasteiger partial charge in [0.2, 0.25) is 10.0 Å². The lowest BCUT2D eigenvalue weighted by molar-refractivity contribution is 0.102. The predicted octanol–water partition coefficient (Wildman–Crippen LogP) is 3.20. The number of benzene rings is 2. The summed E-state index contributed by atoms with van der Waals surface area (Å²) in [7, 11) is -2.37. The Hall–Kier alpha value is -2.38. The Bertz CT molecular complexity index is 862. The van der Waals surface area contributed by atoms with Crippen molar-refractivity contribution >= 4 is 21.6 Å². The lowest BCUT2D eigenvalue weighted by atomic mass is 10.1. The van der Waals surface area contributed by atoms with Gasteiger partial charge in [0.15, 0.2) is 0 Å². The van der Waals surface area contributed by atoms with Crippen molar-refractivity contribution < 1.29 is 17.9 Å². The molecule has 0 fully saturated rings. The third kappa shape index (κ3) is 4.83. The van der Waals surface area contributed by atoms with E-state index in [1.165, 1.54) is 30.9 Å². The first-order valence-corrected chi connectivity index (χ1v) is 9.97. The van der Waals surface area contributed by atoms with Gasteiger partial charge >= 0.3 is 0 Å². The number of hydrogen-bond acceptors (Lipinski definition) is 4. The molecule has 140 valence electrons. The number of methoxy groups -OCH3 is 1. The lowest BCUT2D eigenvalue weighted by Crippen LogP contribution is -2.25. The van der Waals surface area contributed by atoms with E-state index in [2.05, 4.69) is 17.0 Å². The van der Waals surface area contributed by atoms with Crippen LogP contribution in [-0.2, 0) is 16.4 Å². The van der Waals surface area contributed by atoms with Gasteiger partial charge in [0.05, 0.1) is 7.11 Å². The number of carbonyl (C=O) groups is 1. The first-order valence-electron chi connectivity index (χ1n) is 8.49. The van der Waals surface area contributed by atoms with Crippen LogP contribution in [0.5, 0.6) is 5.75 Å². The van der Waals surface area contributed by atoms with E-state index in [1.807, 2.05) is 31.2 Å². The zero-order valence-electron chi connectivity index (χ0n) is 15.2. The van der Waals surface area contributed by atoms with Crippen molar-refractivity contribution in [1.82, 2.24) is 4.72 Å². The molecule has 0 bridgehead atoms. The smallest absolute Gasteiger partial charge is 0.255 e. The highest BCUT2D eigenvalue weighted by Crippen LogP contribution is 2.25. The van der Waals surface area contributed by atoms with Gasteiger partial charge in [0.1, 0.15) is 10.6 Å². The highest BCUT2D eigenvalue weighted by molar-refractivity contribution is 7.89. The summed E-state index contributed by atoms with van der Waals surface area (Å²) in [5.74, 6) is -0.193. The Morgan fingerprint density at radius 1 is 1.08 bits per heavy atom. The molecule has 6 nitrogen and oxygen atoms in total. The molecule has 0 unspecified atom stereocenters. The Morgan fingerprint density at radius 3 is 2.35 bits per heavy atom. The molecule has 26 heavy (non-hydrogen) atoms. The molecule has 0 saturated carbocycles. The monoisotopic (exact) mass is 376 g/mol. The van der Waals surface area contributed by atoms with E-state index in [0.29, 0.717) is 18.7 Å².